The van der Waals surface area contributed by atoms with Crippen molar-refractivity contribution in [3.05, 3.63) is 78.4 Å². The molecule has 2 aromatic rings. The van der Waals surface area contributed by atoms with Gasteiger partial charge >= 0.3 is 0 Å². The van der Waals surface area contributed by atoms with Gasteiger partial charge in [0.15, 0.2) is 0 Å². The summed E-state index contributed by atoms with van der Waals surface area (Å²) in [4.78, 5) is 0. The summed E-state index contributed by atoms with van der Waals surface area (Å²) < 4.78 is 0. The van der Waals surface area contributed by atoms with E-state index < -0.39 is 0 Å². The van der Waals surface area contributed by atoms with Crippen LogP contribution in [0.4, 0.5) is 0 Å². The summed E-state index contributed by atoms with van der Waals surface area (Å²) in [7, 11) is 0. The zero-order chi connectivity index (χ0) is 9.80. The number of rotatable bonds is 2. The van der Waals surface area contributed by atoms with E-state index in [1.54, 1.807) is 0 Å². The fraction of sp³-hybridized carbons (Fsp3) is 0. The van der Waals surface area contributed by atoms with E-state index >= 15 is 0 Å². The second kappa shape index (κ2) is 6.36. The Bertz CT molecular complexity index is 376. The van der Waals surface area contributed by atoms with Crippen molar-refractivity contribution in [2.24, 2.45) is 0 Å². The van der Waals surface area contributed by atoms with Gasteiger partial charge in [-0.2, -0.15) is 0 Å². The molecule has 0 aliphatic carbocycles. The molecule has 0 nitrogen and oxygen atoms in total. The van der Waals surface area contributed by atoms with Crippen LogP contribution < -0.4 is 0 Å². The largest absolute Gasteiger partial charge is 0.0906 e. The number of hydrogen-bond acceptors (Lipinski definition) is 0. The summed E-state index contributed by atoms with van der Waals surface area (Å²) in [6, 6.07) is 20.5. The van der Waals surface area contributed by atoms with Gasteiger partial charge in [-0.1, -0.05) is 67.2 Å². The van der Waals surface area contributed by atoms with E-state index in [1.807, 2.05) is 36.4 Å². The third-order valence-corrected chi connectivity index (χ3v) is 2.24. The van der Waals surface area contributed by atoms with E-state index in [0.717, 1.165) is 5.57 Å². The molecule has 2 rings (SSSR count). The minimum atomic E-state index is 0. The van der Waals surface area contributed by atoms with Crippen LogP contribution in [0.25, 0.3) is 5.57 Å². The monoisotopic (exact) mass is 318 g/mol. The van der Waals surface area contributed by atoms with E-state index in [1.165, 1.54) is 11.1 Å². The molecule has 0 aliphatic heterocycles. The van der Waals surface area contributed by atoms with Crippen molar-refractivity contribution in [2.45, 2.75) is 0 Å². The molecule has 0 atom stereocenters. The van der Waals surface area contributed by atoms with Gasteiger partial charge in [-0.25, -0.2) is 0 Å². The number of benzene rings is 2. The van der Waals surface area contributed by atoms with E-state index in [0.29, 0.717) is 0 Å². The van der Waals surface area contributed by atoms with Crippen LogP contribution >= 0.6 is 0 Å². The van der Waals surface area contributed by atoms with Crippen LogP contribution in [0.2, 0.25) is 0 Å². The van der Waals surface area contributed by atoms with Crippen molar-refractivity contribution in [1.82, 2.24) is 0 Å². The molecular weight excluding hydrogens is 305 g/mol. The molecule has 0 saturated heterocycles. The average Bonchev–Trinajstić information content (AvgIpc) is 2.30. The second-order valence-corrected chi connectivity index (χ2v) is 3.21. The molecule has 0 heterocycles. The predicted octanol–water partition coefficient (Wildman–Crippen LogP) is 3.37. The van der Waals surface area contributed by atoms with Gasteiger partial charge in [0.2, 0.25) is 0 Å². The van der Waals surface area contributed by atoms with Crippen molar-refractivity contribution in [2.75, 3.05) is 0 Å². The summed E-state index contributed by atoms with van der Waals surface area (Å²) >= 11 is 0. The van der Waals surface area contributed by atoms with Crippen molar-refractivity contribution >= 4 is 54.5 Å². The first-order valence-electron chi connectivity index (χ1n) is 4.67. The Morgan fingerprint density at radius 1 is 0.667 bits per heavy atom. The van der Waals surface area contributed by atoms with Gasteiger partial charge in [0.25, 0.3) is 0 Å². The molecule has 70 valence electrons. The summed E-state index contributed by atoms with van der Waals surface area (Å²) in [6.45, 7) is 4.10. The van der Waals surface area contributed by atoms with Gasteiger partial charge in [0.05, 0.1) is 0 Å². The maximum absolute atomic E-state index is 4.10. The van der Waals surface area contributed by atoms with E-state index in [2.05, 4.69) is 30.8 Å². The van der Waals surface area contributed by atoms with Crippen molar-refractivity contribution in [3.8, 4) is 0 Å². The fourth-order valence-electron chi connectivity index (χ4n) is 1.45. The Morgan fingerprint density at radius 2 is 1.00 bits per heavy atom. The standard InChI is InChI=1S/C14H12.Ba/c1-12(13-8-4-2-5-9-13)14-10-6-3-7-11-14;/h2-11H,1H2;. The topological polar surface area (TPSA) is 0 Å². The minimum Gasteiger partial charge on any atom is -0.0906 e. The first-order valence-corrected chi connectivity index (χ1v) is 4.67. The predicted molar refractivity (Wildman–Crippen MR) is 66.8 cm³/mol. The van der Waals surface area contributed by atoms with Crippen LogP contribution in [0.1, 0.15) is 11.1 Å². The van der Waals surface area contributed by atoms with Gasteiger partial charge in [-0.15, -0.1) is 0 Å². The Morgan fingerprint density at radius 3 is 1.33 bits per heavy atom. The van der Waals surface area contributed by atoms with Crippen LogP contribution in [0.3, 0.4) is 0 Å². The van der Waals surface area contributed by atoms with E-state index in [-0.39, 0.29) is 48.9 Å². The molecule has 0 unspecified atom stereocenters. The van der Waals surface area contributed by atoms with E-state index in [9.17, 15) is 0 Å². The summed E-state index contributed by atoms with van der Waals surface area (Å²) in [5, 5.41) is 0. The smallest absolute Gasteiger partial charge is 0 e. The Labute approximate surface area is 131 Å². The maximum Gasteiger partial charge on any atom is 0 e. The van der Waals surface area contributed by atoms with Crippen LogP contribution in [0.5, 0.6) is 0 Å². The third kappa shape index (κ3) is 3.37. The second-order valence-electron chi connectivity index (χ2n) is 3.21. The first-order chi connectivity index (χ1) is 6.88. The Kier molecular flexibility index (Phi) is 5.43. The molecule has 0 N–H and O–H groups in total. The van der Waals surface area contributed by atoms with Gasteiger partial charge in [-0.3, -0.25) is 0 Å². The van der Waals surface area contributed by atoms with Crippen LogP contribution in [0.15, 0.2) is 67.2 Å². The quantitative estimate of drug-likeness (QED) is 0.745. The third-order valence-electron chi connectivity index (χ3n) is 2.24. The Hall–Kier alpha value is -0.249. The van der Waals surface area contributed by atoms with Crippen LogP contribution in [-0.2, 0) is 0 Å². The van der Waals surface area contributed by atoms with Crippen molar-refractivity contribution in [1.29, 1.82) is 0 Å². The van der Waals surface area contributed by atoms with Gasteiger partial charge in [0, 0.05) is 48.9 Å². The molecule has 15 heavy (non-hydrogen) atoms. The zero-order valence-electron chi connectivity index (χ0n) is 8.69. The minimum absolute atomic E-state index is 0. The molecule has 2 aromatic carbocycles. The number of hydrogen-bond donors (Lipinski definition) is 0. The van der Waals surface area contributed by atoms with Gasteiger partial charge < -0.3 is 0 Å². The molecule has 0 spiro atoms. The van der Waals surface area contributed by atoms with E-state index in [4.69, 9.17) is 0 Å². The van der Waals surface area contributed by atoms with Crippen LogP contribution in [-0.4, -0.2) is 48.9 Å². The molecule has 0 bridgehead atoms. The Balaban J connectivity index is 0.00000112. The molecule has 1 heteroatoms. The summed E-state index contributed by atoms with van der Waals surface area (Å²) in [5.74, 6) is 0. The van der Waals surface area contributed by atoms with Gasteiger partial charge in [-0.05, 0) is 16.7 Å². The fourth-order valence-corrected chi connectivity index (χ4v) is 1.45. The maximum atomic E-state index is 4.10. The molecule has 0 saturated carbocycles. The molecule has 0 fully saturated rings. The molecular formula is C14H12Ba. The average molecular weight is 318 g/mol. The molecule has 0 amide bonds. The van der Waals surface area contributed by atoms with Gasteiger partial charge in [0.1, 0.15) is 0 Å². The SMILES string of the molecule is C=C(c1ccccc1)c1ccccc1.[Ba]. The summed E-state index contributed by atoms with van der Waals surface area (Å²) in [5.41, 5.74) is 3.43. The molecule has 0 aliphatic rings. The molecule has 0 aromatic heterocycles. The normalized spacial score (nSPS) is 9.07. The van der Waals surface area contributed by atoms with Crippen molar-refractivity contribution < 1.29 is 0 Å². The zero-order valence-corrected chi connectivity index (χ0v) is 13.1. The summed E-state index contributed by atoms with van der Waals surface area (Å²) in [6.07, 6.45) is 0. The molecule has 2 radical (unpaired) electrons. The van der Waals surface area contributed by atoms with Crippen LogP contribution in [0, 0.1) is 0 Å². The van der Waals surface area contributed by atoms with Crippen molar-refractivity contribution in [3.63, 3.8) is 0 Å². The first kappa shape index (κ1) is 12.8.